The van der Waals surface area contributed by atoms with Crippen molar-refractivity contribution in [3.8, 4) is 5.75 Å². The molecule has 0 aliphatic rings. The van der Waals surface area contributed by atoms with Crippen LogP contribution in [0.1, 0.15) is 0 Å². The van der Waals surface area contributed by atoms with Crippen LogP contribution in [0.2, 0.25) is 15.1 Å². The molecule has 0 fully saturated rings. The van der Waals surface area contributed by atoms with E-state index in [0.717, 1.165) is 4.90 Å². The molecular formula is C12H12Cl3F2NO3. The molecule has 0 unspecified atom stereocenters. The van der Waals surface area contributed by atoms with E-state index in [-0.39, 0.29) is 27.4 Å². The number of aliphatic hydroxyl groups is 1. The molecular weight excluding hydrogens is 350 g/mol. The number of rotatable bonds is 7. The number of ether oxygens (including phenoxy) is 1. The van der Waals surface area contributed by atoms with Gasteiger partial charge in [-0.15, -0.1) is 0 Å². The van der Waals surface area contributed by atoms with E-state index in [0.29, 0.717) is 0 Å². The van der Waals surface area contributed by atoms with Gasteiger partial charge in [0.15, 0.2) is 6.61 Å². The van der Waals surface area contributed by atoms with Gasteiger partial charge in [0.05, 0.1) is 28.2 Å². The molecule has 1 aromatic rings. The third kappa shape index (κ3) is 5.82. The number of hydrogen-bond donors (Lipinski definition) is 1. The Morgan fingerprint density at radius 2 is 1.86 bits per heavy atom. The van der Waals surface area contributed by atoms with E-state index in [4.69, 9.17) is 44.6 Å². The van der Waals surface area contributed by atoms with Crippen molar-refractivity contribution in [3.05, 3.63) is 27.2 Å². The average molecular weight is 363 g/mol. The van der Waals surface area contributed by atoms with Crippen LogP contribution in [0.25, 0.3) is 0 Å². The molecule has 0 radical (unpaired) electrons. The Morgan fingerprint density at radius 3 is 2.43 bits per heavy atom. The Labute approximate surface area is 135 Å². The van der Waals surface area contributed by atoms with Crippen LogP contribution in [0.15, 0.2) is 12.1 Å². The summed E-state index contributed by atoms with van der Waals surface area (Å²) in [4.78, 5) is 12.6. The number of carbonyl (C=O) groups is 1. The Kier molecular flexibility index (Phi) is 7.45. The SMILES string of the molecule is O=C(COc1cc(Cl)c(Cl)cc1Cl)N(CCO)CC(F)F. The van der Waals surface area contributed by atoms with Gasteiger partial charge in [0, 0.05) is 12.6 Å². The molecule has 0 aliphatic carbocycles. The van der Waals surface area contributed by atoms with Crippen molar-refractivity contribution in [2.75, 3.05) is 26.3 Å². The molecule has 0 aromatic heterocycles. The highest BCUT2D eigenvalue weighted by atomic mass is 35.5. The fraction of sp³-hybridized carbons (Fsp3) is 0.417. The van der Waals surface area contributed by atoms with Crippen LogP contribution in [0, 0.1) is 0 Å². The number of nitrogens with zero attached hydrogens (tertiary/aromatic N) is 1. The zero-order chi connectivity index (χ0) is 16.0. The van der Waals surface area contributed by atoms with Gasteiger partial charge in [0.1, 0.15) is 5.75 Å². The molecule has 1 aromatic carbocycles. The Hall–Kier alpha value is -0.820. The van der Waals surface area contributed by atoms with Crippen LogP contribution in [0.3, 0.4) is 0 Å². The fourth-order valence-corrected chi connectivity index (χ4v) is 2.04. The molecule has 9 heteroatoms. The highest BCUT2D eigenvalue weighted by Gasteiger charge is 2.19. The van der Waals surface area contributed by atoms with Gasteiger partial charge < -0.3 is 14.7 Å². The molecule has 0 bridgehead atoms. The lowest BCUT2D eigenvalue weighted by atomic mass is 10.3. The van der Waals surface area contributed by atoms with Crippen molar-refractivity contribution in [1.29, 1.82) is 0 Å². The normalized spacial score (nSPS) is 10.8. The van der Waals surface area contributed by atoms with Crippen LogP contribution < -0.4 is 4.74 Å². The van der Waals surface area contributed by atoms with E-state index in [1.165, 1.54) is 12.1 Å². The number of hydrogen-bond acceptors (Lipinski definition) is 3. The summed E-state index contributed by atoms with van der Waals surface area (Å²) in [5, 5.41) is 9.31. The van der Waals surface area contributed by atoms with Crippen molar-refractivity contribution < 1.29 is 23.4 Å². The number of halogens is 5. The summed E-state index contributed by atoms with van der Waals surface area (Å²) in [5.74, 6) is -0.591. The van der Waals surface area contributed by atoms with Gasteiger partial charge in [-0.25, -0.2) is 8.78 Å². The zero-order valence-electron chi connectivity index (χ0n) is 10.7. The molecule has 0 saturated heterocycles. The maximum absolute atomic E-state index is 12.3. The van der Waals surface area contributed by atoms with Crippen molar-refractivity contribution >= 4 is 40.7 Å². The highest BCUT2D eigenvalue weighted by molar-refractivity contribution is 6.43. The van der Waals surface area contributed by atoms with Gasteiger partial charge in [0.25, 0.3) is 12.3 Å². The second-order valence-electron chi connectivity index (χ2n) is 3.94. The van der Waals surface area contributed by atoms with Crippen LogP contribution in [0.4, 0.5) is 8.78 Å². The lowest BCUT2D eigenvalue weighted by Gasteiger charge is -2.21. The summed E-state index contributed by atoms with van der Waals surface area (Å²) in [5.41, 5.74) is 0. The predicted molar refractivity (Wildman–Crippen MR) is 76.6 cm³/mol. The van der Waals surface area contributed by atoms with Crippen molar-refractivity contribution in [2.24, 2.45) is 0 Å². The molecule has 4 nitrogen and oxygen atoms in total. The van der Waals surface area contributed by atoms with E-state index >= 15 is 0 Å². The van der Waals surface area contributed by atoms with Gasteiger partial charge in [-0.05, 0) is 6.07 Å². The van der Waals surface area contributed by atoms with Crippen molar-refractivity contribution in [1.82, 2.24) is 4.90 Å². The zero-order valence-corrected chi connectivity index (χ0v) is 12.9. The topological polar surface area (TPSA) is 49.8 Å². The smallest absolute Gasteiger partial charge is 0.260 e. The fourth-order valence-electron chi connectivity index (χ4n) is 1.45. The molecule has 0 atom stereocenters. The van der Waals surface area contributed by atoms with E-state index in [1.54, 1.807) is 0 Å². The molecule has 0 saturated carbocycles. The van der Waals surface area contributed by atoms with Gasteiger partial charge in [0.2, 0.25) is 0 Å². The van der Waals surface area contributed by atoms with E-state index in [1.807, 2.05) is 0 Å². The monoisotopic (exact) mass is 361 g/mol. The lowest BCUT2D eigenvalue weighted by Crippen LogP contribution is -2.40. The largest absolute Gasteiger partial charge is 0.482 e. The minimum atomic E-state index is -2.70. The summed E-state index contributed by atoms with van der Waals surface area (Å²) in [7, 11) is 0. The minimum Gasteiger partial charge on any atom is -0.482 e. The second-order valence-corrected chi connectivity index (χ2v) is 5.16. The first kappa shape index (κ1) is 18.2. The summed E-state index contributed by atoms with van der Waals surface area (Å²) in [6.45, 7) is -1.92. The van der Waals surface area contributed by atoms with Gasteiger partial charge in [-0.2, -0.15) is 0 Å². The Bertz CT molecular complexity index is 503. The Balaban J connectivity index is 2.68. The lowest BCUT2D eigenvalue weighted by molar-refractivity contribution is -0.135. The molecule has 0 heterocycles. The van der Waals surface area contributed by atoms with Crippen molar-refractivity contribution in [2.45, 2.75) is 6.43 Å². The molecule has 118 valence electrons. The third-order valence-electron chi connectivity index (χ3n) is 2.41. The van der Waals surface area contributed by atoms with Gasteiger partial charge >= 0.3 is 0 Å². The predicted octanol–water partition coefficient (Wildman–Crippen LogP) is 3.11. The molecule has 1 rings (SSSR count). The first-order chi connectivity index (χ1) is 9.85. The number of aliphatic hydroxyl groups excluding tert-OH is 1. The maximum Gasteiger partial charge on any atom is 0.260 e. The van der Waals surface area contributed by atoms with Crippen LogP contribution >= 0.6 is 34.8 Å². The quantitative estimate of drug-likeness (QED) is 0.758. The van der Waals surface area contributed by atoms with Gasteiger partial charge in [-0.1, -0.05) is 34.8 Å². The number of amides is 1. The Morgan fingerprint density at radius 1 is 1.24 bits per heavy atom. The van der Waals surface area contributed by atoms with Crippen LogP contribution in [0.5, 0.6) is 5.75 Å². The molecule has 0 aliphatic heterocycles. The van der Waals surface area contributed by atoms with E-state index in [2.05, 4.69) is 0 Å². The molecule has 1 amide bonds. The summed E-state index contributed by atoms with van der Waals surface area (Å²) >= 11 is 17.4. The van der Waals surface area contributed by atoms with Crippen molar-refractivity contribution in [3.63, 3.8) is 0 Å². The molecule has 21 heavy (non-hydrogen) atoms. The minimum absolute atomic E-state index is 0.111. The summed E-state index contributed by atoms with van der Waals surface area (Å²) in [6.07, 6.45) is -2.70. The summed E-state index contributed by atoms with van der Waals surface area (Å²) < 4.78 is 29.8. The number of benzene rings is 1. The second kappa shape index (κ2) is 8.58. The maximum atomic E-state index is 12.3. The van der Waals surface area contributed by atoms with E-state index < -0.39 is 32.1 Å². The molecule has 1 N–H and O–H groups in total. The van der Waals surface area contributed by atoms with Crippen LogP contribution in [-0.2, 0) is 4.79 Å². The van der Waals surface area contributed by atoms with E-state index in [9.17, 15) is 13.6 Å². The number of alkyl halides is 2. The number of carbonyl (C=O) groups excluding carboxylic acids is 1. The first-order valence-electron chi connectivity index (χ1n) is 5.79. The highest BCUT2D eigenvalue weighted by Crippen LogP contribution is 2.33. The average Bonchev–Trinajstić information content (AvgIpc) is 2.40. The first-order valence-corrected chi connectivity index (χ1v) is 6.92. The van der Waals surface area contributed by atoms with Gasteiger partial charge in [-0.3, -0.25) is 4.79 Å². The molecule has 0 spiro atoms. The summed E-state index contributed by atoms with van der Waals surface area (Å²) in [6, 6.07) is 2.67. The third-order valence-corrected chi connectivity index (χ3v) is 3.42. The standard InChI is InChI=1S/C12H12Cl3F2NO3/c13-7-3-9(15)10(4-8(7)14)21-6-12(20)18(1-2-19)5-11(16)17/h3-4,11,19H,1-2,5-6H2. The van der Waals surface area contributed by atoms with Crippen LogP contribution in [-0.4, -0.2) is 48.6 Å².